The van der Waals surface area contributed by atoms with E-state index in [1.165, 1.54) is 0 Å². The molecule has 0 saturated heterocycles. The van der Waals surface area contributed by atoms with Gasteiger partial charge in [0.25, 0.3) is 5.91 Å². The highest BCUT2D eigenvalue weighted by Gasteiger charge is 2.23. The Balaban J connectivity index is 2.90. The number of carboxylic acid groups (broad SMARTS) is 1. The molecule has 0 bridgehead atoms. The second kappa shape index (κ2) is 7.61. The number of aromatic nitrogens is 1. The molecule has 21 heavy (non-hydrogen) atoms. The third kappa shape index (κ3) is 5.41. The van der Waals surface area contributed by atoms with Gasteiger partial charge in [0.1, 0.15) is 11.9 Å². The van der Waals surface area contributed by atoms with Gasteiger partial charge in [0, 0.05) is 12.2 Å². The van der Waals surface area contributed by atoms with Crippen LogP contribution < -0.4 is 10.6 Å². The summed E-state index contributed by atoms with van der Waals surface area (Å²) in [6.07, 6.45) is 1.97. The number of nitrogens with zero attached hydrogens (tertiary/aromatic N) is 1. The van der Waals surface area contributed by atoms with Crippen molar-refractivity contribution in [1.29, 1.82) is 0 Å². The van der Waals surface area contributed by atoms with Crippen molar-refractivity contribution in [1.82, 2.24) is 10.3 Å². The van der Waals surface area contributed by atoms with E-state index in [-0.39, 0.29) is 12.0 Å². The van der Waals surface area contributed by atoms with E-state index in [0.717, 1.165) is 0 Å². The maximum atomic E-state index is 12.3. The van der Waals surface area contributed by atoms with Crippen LogP contribution in [0.25, 0.3) is 0 Å². The number of pyridine rings is 1. The highest BCUT2D eigenvalue weighted by atomic mass is 16.4. The highest BCUT2D eigenvalue weighted by Crippen LogP contribution is 2.14. The van der Waals surface area contributed by atoms with Crippen molar-refractivity contribution in [2.75, 3.05) is 5.32 Å². The van der Waals surface area contributed by atoms with E-state index < -0.39 is 17.9 Å². The minimum atomic E-state index is -1.03. The van der Waals surface area contributed by atoms with Crippen molar-refractivity contribution in [2.24, 2.45) is 5.92 Å². The highest BCUT2D eigenvalue weighted by molar-refractivity contribution is 6.00. The second-order valence-corrected chi connectivity index (χ2v) is 5.69. The Hall–Kier alpha value is -2.11. The fraction of sp³-hybridized carbons (Fsp3) is 0.533. The number of carbonyl (C=O) groups is 2. The Bertz CT molecular complexity index is 501. The average molecular weight is 293 g/mol. The first-order valence-electron chi connectivity index (χ1n) is 7.06. The van der Waals surface area contributed by atoms with Gasteiger partial charge >= 0.3 is 5.97 Å². The zero-order valence-corrected chi connectivity index (χ0v) is 12.9. The predicted molar refractivity (Wildman–Crippen MR) is 81.3 cm³/mol. The molecule has 1 amide bonds. The lowest BCUT2D eigenvalue weighted by Gasteiger charge is -2.18. The molecule has 0 radical (unpaired) electrons. The van der Waals surface area contributed by atoms with Crippen molar-refractivity contribution < 1.29 is 14.7 Å². The lowest BCUT2D eigenvalue weighted by atomic mass is 10.0. The van der Waals surface area contributed by atoms with Crippen molar-refractivity contribution >= 4 is 17.7 Å². The minimum Gasteiger partial charge on any atom is -0.480 e. The number of rotatable bonds is 7. The van der Waals surface area contributed by atoms with Gasteiger partial charge in [-0.3, -0.25) is 4.79 Å². The summed E-state index contributed by atoms with van der Waals surface area (Å²) in [5.41, 5.74) is 0.348. The van der Waals surface area contributed by atoms with E-state index in [1.54, 1.807) is 18.3 Å². The van der Waals surface area contributed by atoms with Crippen LogP contribution in [0.4, 0.5) is 5.82 Å². The molecule has 0 spiro atoms. The Labute approximate surface area is 125 Å². The topological polar surface area (TPSA) is 91.3 Å². The third-order valence-corrected chi connectivity index (χ3v) is 2.79. The SMILES string of the molecule is CC(C)C[C@@H](NC(=O)c1cccnc1NC(C)C)C(=O)O. The Morgan fingerprint density at radius 3 is 2.48 bits per heavy atom. The van der Waals surface area contributed by atoms with E-state index in [0.29, 0.717) is 17.8 Å². The van der Waals surface area contributed by atoms with Crippen LogP contribution in [0.1, 0.15) is 44.5 Å². The van der Waals surface area contributed by atoms with E-state index in [1.807, 2.05) is 27.7 Å². The van der Waals surface area contributed by atoms with Crippen LogP contribution in [0.5, 0.6) is 0 Å². The Morgan fingerprint density at radius 2 is 1.95 bits per heavy atom. The maximum Gasteiger partial charge on any atom is 0.326 e. The molecular weight excluding hydrogens is 270 g/mol. The van der Waals surface area contributed by atoms with Crippen LogP contribution in [0.15, 0.2) is 18.3 Å². The molecular formula is C15H23N3O3. The van der Waals surface area contributed by atoms with Crippen molar-refractivity contribution in [3.63, 3.8) is 0 Å². The molecule has 6 nitrogen and oxygen atoms in total. The summed E-state index contributed by atoms with van der Waals surface area (Å²) in [5.74, 6) is -0.828. The van der Waals surface area contributed by atoms with Gasteiger partial charge in [-0.05, 0) is 38.3 Å². The van der Waals surface area contributed by atoms with E-state index in [9.17, 15) is 14.7 Å². The first kappa shape index (κ1) is 16.9. The minimum absolute atomic E-state index is 0.123. The van der Waals surface area contributed by atoms with Gasteiger partial charge < -0.3 is 15.7 Å². The van der Waals surface area contributed by atoms with Crippen molar-refractivity contribution in [2.45, 2.75) is 46.2 Å². The second-order valence-electron chi connectivity index (χ2n) is 5.69. The molecule has 1 aromatic heterocycles. The smallest absolute Gasteiger partial charge is 0.326 e. The van der Waals surface area contributed by atoms with Gasteiger partial charge in [0.05, 0.1) is 5.56 Å². The number of hydrogen-bond acceptors (Lipinski definition) is 4. The molecule has 3 N–H and O–H groups in total. The first-order chi connectivity index (χ1) is 9.81. The monoisotopic (exact) mass is 293 g/mol. The number of anilines is 1. The molecule has 1 heterocycles. The van der Waals surface area contributed by atoms with E-state index in [2.05, 4.69) is 15.6 Å². The van der Waals surface area contributed by atoms with Crippen LogP contribution in [0.3, 0.4) is 0 Å². The molecule has 0 aliphatic heterocycles. The molecule has 1 aromatic rings. The lowest BCUT2D eigenvalue weighted by molar-refractivity contribution is -0.139. The van der Waals surface area contributed by atoms with Crippen LogP contribution in [0.2, 0.25) is 0 Å². The zero-order valence-electron chi connectivity index (χ0n) is 12.9. The molecule has 0 aromatic carbocycles. The first-order valence-corrected chi connectivity index (χ1v) is 7.06. The summed E-state index contributed by atoms with van der Waals surface area (Å²) in [6, 6.07) is 2.50. The predicted octanol–water partition coefficient (Wildman–Crippen LogP) is 2.13. The standard InChI is InChI=1S/C15H23N3O3/c1-9(2)8-12(15(20)21)18-14(19)11-6-5-7-16-13(11)17-10(3)4/h5-7,9-10,12H,8H2,1-4H3,(H,16,17)(H,18,19)(H,20,21)/t12-/m1/s1. The van der Waals surface area contributed by atoms with E-state index in [4.69, 9.17) is 0 Å². The number of hydrogen-bond donors (Lipinski definition) is 3. The van der Waals surface area contributed by atoms with Crippen LogP contribution >= 0.6 is 0 Å². The fourth-order valence-corrected chi connectivity index (χ4v) is 1.91. The van der Waals surface area contributed by atoms with Crippen LogP contribution in [-0.2, 0) is 4.79 Å². The van der Waals surface area contributed by atoms with Crippen LogP contribution in [0, 0.1) is 5.92 Å². The largest absolute Gasteiger partial charge is 0.480 e. The quantitative estimate of drug-likeness (QED) is 0.716. The van der Waals surface area contributed by atoms with Crippen molar-refractivity contribution in [3.8, 4) is 0 Å². The van der Waals surface area contributed by atoms with Gasteiger partial charge in [-0.1, -0.05) is 13.8 Å². The summed E-state index contributed by atoms with van der Waals surface area (Å²) in [4.78, 5) is 27.6. The molecule has 1 atom stereocenters. The lowest BCUT2D eigenvalue weighted by Crippen LogP contribution is -2.42. The molecule has 0 unspecified atom stereocenters. The number of carbonyl (C=O) groups excluding carboxylic acids is 1. The van der Waals surface area contributed by atoms with Gasteiger partial charge in [-0.2, -0.15) is 0 Å². The van der Waals surface area contributed by atoms with Gasteiger partial charge in [-0.15, -0.1) is 0 Å². The van der Waals surface area contributed by atoms with Crippen LogP contribution in [-0.4, -0.2) is 34.1 Å². The number of amides is 1. The average Bonchev–Trinajstić information content (AvgIpc) is 2.37. The molecule has 6 heteroatoms. The number of aliphatic carboxylic acids is 1. The van der Waals surface area contributed by atoms with Gasteiger partial charge in [0.15, 0.2) is 0 Å². The normalized spacial score (nSPS) is 12.3. The molecule has 116 valence electrons. The number of nitrogens with one attached hydrogen (secondary N) is 2. The summed E-state index contributed by atoms with van der Waals surface area (Å²) in [7, 11) is 0. The molecule has 0 fully saturated rings. The summed E-state index contributed by atoms with van der Waals surface area (Å²) in [5, 5.41) is 14.8. The molecule has 0 aliphatic rings. The van der Waals surface area contributed by atoms with Crippen molar-refractivity contribution in [3.05, 3.63) is 23.9 Å². The summed E-state index contributed by atoms with van der Waals surface area (Å²) >= 11 is 0. The van der Waals surface area contributed by atoms with E-state index >= 15 is 0 Å². The van der Waals surface area contributed by atoms with Gasteiger partial charge in [0.2, 0.25) is 0 Å². The summed E-state index contributed by atoms with van der Waals surface area (Å²) in [6.45, 7) is 7.71. The molecule has 1 rings (SSSR count). The van der Waals surface area contributed by atoms with Gasteiger partial charge in [-0.25, -0.2) is 9.78 Å². The molecule has 0 aliphatic carbocycles. The maximum absolute atomic E-state index is 12.3. The fourth-order valence-electron chi connectivity index (χ4n) is 1.91. The Kier molecular flexibility index (Phi) is 6.14. The Morgan fingerprint density at radius 1 is 1.29 bits per heavy atom. The molecule has 0 saturated carbocycles. The summed E-state index contributed by atoms with van der Waals surface area (Å²) < 4.78 is 0. The third-order valence-electron chi connectivity index (χ3n) is 2.79. The zero-order chi connectivity index (χ0) is 16.0. The number of carboxylic acids is 1.